The lowest BCUT2D eigenvalue weighted by Crippen LogP contribution is -2.38. The van der Waals surface area contributed by atoms with Crippen LogP contribution in [0.2, 0.25) is 0 Å². The van der Waals surface area contributed by atoms with Crippen molar-refractivity contribution < 1.29 is 9.53 Å². The summed E-state index contributed by atoms with van der Waals surface area (Å²) >= 11 is 3.31. The molecule has 1 atom stereocenters. The van der Waals surface area contributed by atoms with Gasteiger partial charge in [-0.3, -0.25) is 9.69 Å². The summed E-state index contributed by atoms with van der Waals surface area (Å²) in [6, 6.07) is 12.5. The summed E-state index contributed by atoms with van der Waals surface area (Å²) in [7, 11) is 0. The van der Waals surface area contributed by atoms with E-state index in [1.54, 1.807) is 23.1 Å². The number of aryl methyl sites for hydroxylation is 2. The number of benzene rings is 2. The molecule has 2 heterocycles. The number of carbonyl (C=O) groups is 1. The number of nitrogens with zero attached hydrogens (tertiary/aromatic N) is 2. The Hall–Kier alpha value is -1.89. The first-order valence-corrected chi connectivity index (χ1v) is 12.0. The molecule has 1 fully saturated rings. The molecule has 0 spiro atoms. The summed E-state index contributed by atoms with van der Waals surface area (Å²) < 4.78 is 6.99. The number of amides is 1. The molecule has 3 aromatic rings. The molecule has 1 aromatic heterocycles. The van der Waals surface area contributed by atoms with E-state index in [0.29, 0.717) is 13.0 Å². The van der Waals surface area contributed by atoms with Gasteiger partial charge in [0.05, 0.1) is 29.3 Å². The molecule has 1 saturated heterocycles. The molecule has 0 radical (unpaired) electrons. The van der Waals surface area contributed by atoms with Crippen LogP contribution in [0, 0.1) is 13.8 Å². The van der Waals surface area contributed by atoms with Crippen LogP contribution in [0.25, 0.3) is 10.2 Å². The first-order chi connectivity index (χ1) is 14.0. The molecule has 1 amide bonds. The van der Waals surface area contributed by atoms with Crippen LogP contribution in [0.1, 0.15) is 29.5 Å². The predicted molar refractivity (Wildman–Crippen MR) is 122 cm³/mol. The molecule has 0 saturated carbocycles. The van der Waals surface area contributed by atoms with Gasteiger partial charge in [-0.15, -0.1) is 11.8 Å². The molecule has 4 nitrogen and oxygen atoms in total. The van der Waals surface area contributed by atoms with Gasteiger partial charge in [-0.1, -0.05) is 29.5 Å². The van der Waals surface area contributed by atoms with Crippen molar-refractivity contribution in [1.29, 1.82) is 0 Å². The molecule has 2 aromatic carbocycles. The van der Waals surface area contributed by atoms with Crippen molar-refractivity contribution in [2.75, 3.05) is 24.3 Å². The second kappa shape index (κ2) is 8.86. The van der Waals surface area contributed by atoms with Crippen molar-refractivity contribution in [3.05, 3.63) is 53.1 Å². The highest BCUT2D eigenvalue weighted by Crippen LogP contribution is 2.33. The number of hydrogen-bond acceptors (Lipinski definition) is 5. The Kier molecular flexibility index (Phi) is 6.23. The predicted octanol–water partition coefficient (Wildman–Crippen LogP) is 5.39. The summed E-state index contributed by atoms with van der Waals surface area (Å²) in [6.07, 6.45) is 4.57. The molecule has 0 bridgehead atoms. The van der Waals surface area contributed by atoms with Crippen LogP contribution in [-0.4, -0.2) is 36.4 Å². The fourth-order valence-corrected chi connectivity index (χ4v) is 5.22. The van der Waals surface area contributed by atoms with Crippen molar-refractivity contribution in [3.63, 3.8) is 0 Å². The van der Waals surface area contributed by atoms with Crippen LogP contribution in [0.15, 0.2) is 41.3 Å². The average Bonchev–Trinajstić information content (AvgIpc) is 3.36. The van der Waals surface area contributed by atoms with Gasteiger partial charge in [-0.2, -0.15) is 0 Å². The fourth-order valence-electron chi connectivity index (χ4n) is 3.77. The van der Waals surface area contributed by atoms with Crippen molar-refractivity contribution in [2.24, 2.45) is 0 Å². The van der Waals surface area contributed by atoms with E-state index in [0.717, 1.165) is 40.4 Å². The number of aromatic nitrogens is 1. The molecule has 1 aliphatic heterocycles. The molecule has 0 aliphatic carbocycles. The topological polar surface area (TPSA) is 42.4 Å². The smallest absolute Gasteiger partial charge is 0.233 e. The van der Waals surface area contributed by atoms with Gasteiger partial charge in [0.1, 0.15) is 0 Å². The zero-order valence-electron chi connectivity index (χ0n) is 17.1. The maximum atomic E-state index is 13.3. The third-order valence-electron chi connectivity index (χ3n) is 5.27. The lowest BCUT2D eigenvalue weighted by molar-refractivity contribution is -0.118. The minimum atomic E-state index is 0.0748. The third kappa shape index (κ3) is 4.65. The third-order valence-corrected chi connectivity index (χ3v) is 7.24. The van der Waals surface area contributed by atoms with Gasteiger partial charge in [-0.05, 0) is 67.8 Å². The number of hydrogen-bond donors (Lipinski definition) is 0. The minimum absolute atomic E-state index is 0.0748. The lowest BCUT2D eigenvalue weighted by atomic mass is 10.1. The van der Waals surface area contributed by atoms with E-state index in [4.69, 9.17) is 9.72 Å². The number of rotatable bonds is 6. The van der Waals surface area contributed by atoms with Crippen molar-refractivity contribution in [2.45, 2.75) is 44.1 Å². The highest BCUT2D eigenvalue weighted by atomic mass is 32.2. The second-order valence-corrected chi connectivity index (χ2v) is 9.45. The van der Waals surface area contributed by atoms with Crippen LogP contribution in [0.4, 0.5) is 5.13 Å². The summed E-state index contributed by atoms with van der Waals surface area (Å²) in [5.41, 5.74) is 4.40. The summed E-state index contributed by atoms with van der Waals surface area (Å²) in [5, 5.41) is 0.773. The molecule has 6 heteroatoms. The number of anilines is 1. The fraction of sp³-hybridized carbons (Fsp3) is 0.391. The highest BCUT2D eigenvalue weighted by molar-refractivity contribution is 7.98. The van der Waals surface area contributed by atoms with Gasteiger partial charge < -0.3 is 4.74 Å². The Bertz CT molecular complexity index is 1010. The molecule has 1 aliphatic rings. The summed E-state index contributed by atoms with van der Waals surface area (Å²) in [4.78, 5) is 21.2. The number of fused-ring (bicyclic) bond motifs is 1. The Morgan fingerprint density at radius 1 is 1.28 bits per heavy atom. The largest absolute Gasteiger partial charge is 0.376 e. The molecule has 29 heavy (non-hydrogen) atoms. The lowest BCUT2D eigenvalue weighted by Gasteiger charge is -2.23. The number of ether oxygens (including phenoxy) is 1. The van der Waals surface area contributed by atoms with Crippen molar-refractivity contribution in [3.8, 4) is 0 Å². The maximum Gasteiger partial charge on any atom is 0.233 e. The van der Waals surface area contributed by atoms with Crippen molar-refractivity contribution >= 4 is 44.4 Å². The molecule has 4 rings (SSSR count). The minimum Gasteiger partial charge on any atom is -0.376 e. The summed E-state index contributed by atoms with van der Waals surface area (Å²) in [5.74, 6) is 0.0748. The van der Waals surface area contributed by atoms with Crippen LogP contribution < -0.4 is 4.90 Å². The Morgan fingerprint density at radius 3 is 2.76 bits per heavy atom. The van der Waals surface area contributed by atoms with E-state index in [1.165, 1.54) is 16.0 Å². The van der Waals surface area contributed by atoms with Gasteiger partial charge in [0.25, 0.3) is 0 Å². The molecule has 1 unspecified atom stereocenters. The van der Waals surface area contributed by atoms with Gasteiger partial charge in [-0.25, -0.2) is 4.98 Å². The number of carbonyl (C=O) groups excluding carboxylic acids is 1. The Labute approximate surface area is 180 Å². The van der Waals surface area contributed by atoms with E-state index in [2.05, 4.69) is 44.4 Å². The van der Waals surface area contributed by atoms with Crippen LogP contribution in [0.5, 0.6) is 0 Å². The first-order valence-electron chi connectivity index (χ1n) is 9.96. The van der Waals surface area contributed by atoms with Gasteiger partial charge in [0.2, 0.25) is 5.91 Å². The Balaban J connectivity index is 1.63. The summed E-state index contributed by atoms with van der Waals surface area (Å²) in [6.45, 7) is 5.54. The van der Waals surface area contributed by atoms with Crippen LogP contribution in [-0.2, 0) is 16.0 Å². The van der Waals surface area contributed by atoms with Crippen LogP contribution in [0.3, 0.4) is 0 Å². The Morgan fingerprint density at radius 2 is 2.07 bits per heavy atom. The normalized spacial score (nSPS) is 16.4. The zero-order valence-corrected chi connectivity index (χ0v) is 18.7. The monoisotopic (exact) mass is 426 g/mol. The first kappa shape index (κ1) is 20.4. The zero-order chi connectivity index (χ0) is 20.4. The number of thioether (sulfide) groups is 1. The quantitative estimate of drug-likeness (QED) is 0.496. The van der Waals surface area contributed by atoms with E-state index < -0.39 is 0 Å². The van der Waals surface area contributed by atoms with Gasteiger partial charge in [0, 0.05) is 11.5 Å². The second-order valence-electron chi connectivity index (χ2n) is 7.59. The molecule has 0 N–H and O–H groups in total. The molecular formula is C23H26N2O2S2. The maximum absolute atomic E-state index is 13.3. The van der Waals surface area contributed by atoms with Crippen molar-refractivity contribution in [1.82, 2.24) is 4.98 Å². The highest BCUT2D eigenvalue weighted by Gasteiger charge is 2.26. The van der Waals surface area contributed by atoms with E-state index >= 15 is 0 Å². The number of thiazole rings is 1. The molecular weight excluding hydrogens is 400 g/mol. The van der Waals surface area contributed by atoms with Gasteiger partial charge in [0.15, 0.2) is 5.13 Å². The van der Waals surface area contributed by atoms with E-state index in [-0.39, 0.29) is 12.0 Å². The van der Waals surface area contributed by atoms with E-state index in [1.807, 2.05) is 17.0 Å². The molecule has 152 valence electrons. The van der Waals surface area contributed by atoms with E-state index in [9.17, 15) is 4.79 Å². The standard InChI is InChI=1S/C23H26N2O2S2/c1-15-11-16(2)22-20(12-15)24-23(29-22)25(14-18-5-4-10-27-18)21(26)13-17-6-8-19(28-3)9-7-17/h6-9,11-12,18H,4-5,10,13-14H2,1-3H3. The van der Waals surface area contributed by atoms with Crippen LogP contribution >= 0.6 is 23.1 Å². The van der Waals surface area contributed by atoms with Gasteiger partial charge >= 0.3 is 0 Å². The average molecular weight is 427 g/mol. The SMILES string of the molecule is CSc1ccc(CC(=O)N(CC2CCCO2)c2nc3cc(C)cc(C)c3s2)cc1.